The van der Waals surface area contributed by atoms with Crippen LogP contribution in [0.25, 0.3) is 21.9 Å². The summed E-state index contributed by atoms with van der Waals surface area (Å²) in [5.41, 5.74) is 3.64. The van der Waals surface area contributed by atoms with Gasteiger partial charge in [-0.2, -0.15) is 0 Å². The van der Waals surface area contributed by atoms with Gasteiger partial charge in [0, 0.05) is 47.0 Å². The average molecular weight is 530 g/mol. The summed E-state index contributed by atoms with van der Waals surface area (Å²) in [5.74, 6) is -0.945. The van der Waals surface area contributed by atoms with Gasteiger partial charge in [-0.05, 0) is 55.7 Å². The van der Waals surface area contributed by atoms with E-state index in [1.54, 1.807) is 11.2 Å². The molecule has 0 atom stereocenters. The van der Waals surface area contributed by atoms with Gasteiger partial charge in [0.25, 0.3) is 0 Å². The van der Waals surface area contributed by atoms with Crippen LogP contribution in [0.2, 0.25) is 0 Å². The van der Waals surface area contributed by atoms with E-state index < -0.39 is 17.0 Å². The van der Waals surface area contributed by atoms with Crippen molar-refractivity contribution in [2.75, 3.05) is 13.1 Å². The number of benzene rings is 2. The molecule has 204 valence electrons. The number of furan rings is 1. The summed E-state index contributed by atoms with van der Waals surface area (Å²) in [4.78, 5) is 40.2. The Morgan fingerprint density at radius 3 is 2.28 bits per heavy atom. The Morgan fingerprint density at radius 2 is 1.67 bits per heavy atom. The standard InChI is InChI=1S/C32H35NO6/c1-19-22(29(35)39-28-20(2)27-24(17-23(19)28)25(18-38-27)31(3,4)5)11-12-26(34)33-15-13-32(14-16-33,30(36)37)21-9-7-6-8-10-21/h6-10,17-18H,11-16H2,1-5H3,(H,36,37). The van der Waals surface area contributed by atoms with E-state index in [1.165, 1.54) is 0 Å². The quantitative estimate of drug-likeness (QED) is 0.317. The summed E-state index contributed by atoms with van der Waals surface area (Å²) < 4.78 is 11.7. The Bertz CT molecular complexity index is 1630. The van der Waals surface area contributed by atoms with Crippen molar-refractivity contribution in [1.29, 1.82) is 0 Å². The molecule has 7 heteroatoms. The van der Waals surface area contributed by atoms with Crippen molar-refractivity contribution in [2.45, 2.75) is 71.1 Å². The number of aryl methyl sites for hydroxylation is 2. The molecule has 0 aliphatic carbocycles. The molecule has 0 unspecified atom stereocenters. The minimum atomic E-state index is -0.990. The second-order valence-corrected chi connectivity index (χ2v) is 11.8. The molecule has 5 rings (SSSR count). The summed E-state index contributed by atoms with van der Waals surface area (Å²) in [6, 6.07) is 11.3. The minimum absolute atomic E-state index is 0.0857. The van der Waals surface area contributed by atoms with Crippen LogP contribution >= 0.6 is 0 Å². The highest BCUT2D eigenvalue weighted by Gasteiger charge is 2.43. The fourth-order valence-electron chi connectivity index (χ4n) is 5.98. The normalized spacial score (nSPS) is 15.7. The number of carboxylic acid groups (broad SMARTS) is 1. The van der Waals surface area contributed by atoms with Crippen LogP contribution in [0.4, 0.5) is 0 Å². The average Bonchev–Trinajstić information content (AvgIpc) is 3.35. The van der Waals surface area contributed by atoms with Crippen LogP contribution in [0.5, 0.6) is 0 Å². The molecule has 1 saturated heterocycles. The first-order chi connectivity index (χ1) is 18.4. The van der Waals surface area contributed by atoms with Crippen molar-refractivity contribution >= 4 is 33.8 Å². The third kappa shape index (κ3) is 4.54. The number of amides is 1. The predicted octanol–water partition coefficient (Wildman–Crippen LogP) is 6.03. The molecule has 2 aromatic heterocycles. The van der Waals surface area contributed by atoms with Gasteiger partial charge in [-0.3, -0.25) is 9.59 Å². The zero-order valence-electron chi connectivity index (χ0n) is 23.2. The largest absolute Gasteiger partial charge is 0.481 e. The van der Waals surface area contributed by atoms with Crippen molar-refractivity contribution in [2.24, 2.45) is 0 Å². The van der Waals surface area contributed by atoms with Gasteiger partial charge < -0.3 is 18.8 Å². The zero-order valence-corrected chi connectivity index (χ0v) is 23.2. The topological polar surface area (TPSA) is 101 Å². The van der Waals surface area contributed by atoms with Gasteiger partial charge >= 0.3 is 11.6 Å². The van der Waals surface area contributed by atoms with Crippen molar-refractivity contribution in [1.82, 2.24) is 4.90 Å². The van der Waals surface area contributed by atoms with E-state index in [0.717, 1.165) is 38.6 Å². The van der Waals surface area contributed by atoms with E-state index in [9.17, 15) is 19.5 Å². The first kappa shape index (κ1) is 26.7. The highest BCUT2D eigenvalue weighted by Crippen LogP contribution is 2.38. The van der Waals surface area contributed by atoms with Crippen LogP contribution in [0.15, 0.2) is 56.3 Å². The second-order valence-electron chi connectivity index (χ2n) is 11.8. The van der Waals surface area contributed by atoms with Crippen LogP contribution in [0.1, 0.15) is 67.9 Å². The Morgan fingerprint density at radius 1 is 1.00 bits per heavy atom. The van der Waals surface area contributed by atoms with Crippen molar-refractivity contribution in [3.63, 3.8) is 0 Å². The summed E-state index contributed by atoms with van der Waals surface area (Å²) in [5, 5.41) is 11.9. The smallest absolute Gasteiger partial charge is 0.339 e. The lowest BCUT2D eigenvalue weighted by Crippen LogP contribution is -2.49. The Kier molecular flexibility index (Phi) is 6.65. The number of carbonyl (C=O) groups is 2. The maximum Gasteiger partial charge on any atom is 0.339 e. The molecule has 1 N–H and O–H groups in total. The number of aliphatic carboxylic acids is 1. The molecule has 0 bridgehead atoms. The third-order valence-corrected chi connectivity index (χ3v) is 8.44. The Balaban J connectivity index is 1.37. The molecule has 39 heavy (non-hydrogen) atoms. The summed E-state index contributed by atoms with van der Waals surface area (Å²) in [6.07, 6.45) is 2.90. The number of nitrogens with zero attached hydrogens (tertiary/aromatic N) is 1. The van der Waals surface area contributed by atoms with Gasteiger partial charge in [0.1, 0.15) is 11.2 Å². The summed E-state index contributed by atoms with van der Waals surface area (Å²) in [7, 11) is 0. The zero-order chi connectivity index (χ0) is 28.1. The van der Waals surface area contributed by atoms with E-state index in [-0.39, 0.29) is 24.2 Å². The van der Waals surface area contributed by atoms with Gasteiger partial charge in [0.2, 0.25) is 5.91 Å². The van der Waals surface area contributed by atoms with Crippen molar-refractivity contribution in [3.05, 3.63) is 80.9 Å². The number of fused-ring (bicyclic) bond motifs is 2. The van der Waals surface area contributed by atoms with E-state index in [1.807, 2.05) is 50.2 Å². The molecule has 0 saturated carbocycles. The molecule has 1 fully saturated rings. The van der Waals surface area contributed by atoms with Gasteiger partial charge in [-0.25, -0.2) is 4.79 Å². The lowest BCUT2D eigenvalue weighted by Gasteiger charge is -2.39. The van der Waals surface area contributed by atoms with E-state index >= 15 is 0 Å². The molecule has 2 aromatic carbocycles. The van der Waals surface area contributed by atoms with Crippen molar-refractivity contribution < 1.29 is 23.5 Å². The lowest BCUT2D eigenvalue weighted by atomic mass is 9.73. The van der Waals surface area contributed by atoms with Crippen LogP contribution in [-0.2, 0) is 26.8 Å². The van der Waals surface area contributed by atoms with Gasteiger partial charge in [-0.15, -0.1) is 0 Å². The second kappa shape index (κ2) is 9.70. The summed E-state index contributed by atoms with van der Waals surface area (Å²) >= 11 is 0. The molecular weight excluding hydrogens is 494 g/mol. The maximum absolute atomic E-state index is 13.2. The van der Waals surface area contributed by atoms with E-state index in [4.69, 9.17) is 8.83 Å². The van der Waals surface area contributed by atoms with E-state index in [2.05, 4.69) is 20.8 Å². The van der Waals surface area contributed by atoms with E-state index in [0.29, 0.717) is 37.1 Å². The van der Waals surface area contributed by atoms with Crippen molar-refractivity contribution in [3.8, 4) is 0 Å². The molecule has 3 heterocycles. The molecule has 1 aliphatic heterocycles. The molecule has 1 amide bonds. The monoisotopic (exact) mass is 529 g/mol. The summed E-state index contributed by atoms with van der Waals surface area (Å²) in [6.45, 7) is 10.9. The van der Waals surface area contributed by atoms with Gasteiger partial charge in [0.05, 0.1) is 11.7 Å². The maximum atomic E-state index is 13.2. The lowest BCUT2D eigenvalue weighted by molar-refractivity contribution is -0.148. The molecule has 4 aromatic rings. The minimum Gasteiger partial charge on any atom is -0.481 e. The van der Waals surface area contributed by atoms with Crippen LogP contribution in [0.3, 0.4) is 0 Å². The molecule has 7 nitrogen and oxygen atoms in total. The van der Waals surface area contributed by atoms with Gasteiger partial charge in [-0.1, -0.05) is 51.1 Å². The van der Waals surface area contributed by atoms with Crippen LogP contribution in [-0.4, -0.2) is 35.0 Å². The first-order valence-corrected chi connectivity index (χ1v) is 13.5. The SMILES string of the molecule is Cc1c(CCC(=O)N2CCC(C(=O)O)(c3ccccc3)CC2)c(=O)oc2c(C)c3occ(C(C)(C)C)c3cc12. The van der Waals surface area contributed by atoms with Crippen LogP contribution in [0, 0.1) is 13.8 Å². The Hall–Kier alpha value is -3.87. The number of carbonyl (C=O) groups excluding carboxylic acids is 1. The number of rotatable bonds is 5. The number of carboxylic acids is 1. The fourth-order valence-corrected chi connectivity index (χ4v) is 5.98. The molecule has 0 spiro atoms. The predicted molar refractivity (Wildman–Crippen MR) is 150 cm³/mol. The molecule has 0 radical (unpaired) electrons. The number of hydrogen-bond acceptors (Lipinski definition) is 5. The highest BCUT2D eigenvalue weighted by atomic mass is 16.4. The number of likely N-dealkylation sites (tertiary alicyclic amines) is 1. The molecular formula is C32H35NO6. The number of hydrogen-bond donors (Lipinski definition) is 1. The van der Waals surface area contributed by atoms with Crippen LogP contribution < -0.4 is 5.63 Å². The first-order valence-electron chi connectivity index (χ1n) is 13.5. The highest BCUT2D eigenvalue weighted by molar-refractivity contribution is 6.00. The molecule has 1 aliphatic rings. The third-order valence-electron chi connectivity index (χ3n) is 8.44. The fraction of sp³-hybridized carbons (Fsp3) is 0.406. The Labute approximate surface area is 227 Å². The van der Waals surface area contributed by atoms with Gasteiger partial charge in [0.15, 0.2) is 0 Å². The number of piperidine rings is 1.